The van der Waals surface area contributed by atoms with Crippen LogP contribution >= 0.6 is 0 Å². The number of benzene rings is 2. The zero-order valence-corrected chi connectivity index (χ0v) is 15.4. The number of hydrogen-bond donors (Lipinski definition) is 1. The van der Waals surface area contributed by atoms with E-state index in [0.29, 0.717) is 11.4 Å². The van der Waals surface area contributed by atoms with Gasteiger partial charge in [-0.05, 0) is 43.7 Å². The van der Waals surface area contributed by atoms with Crippen LogP contribution in [0.4, 0.5) is 5.69 Å². The third-order valence-corrected chi connectivity index (χ3v) is 4.43. The van der Waals surface area contributed by atoms with E-state index >= 15 is 0 Å². The molecule has 1 N–H and O–H groups in total. The van der Waals surface area contributed by atoms with Crippen molar-refractivity contribution in [2.45, 2.75) is 39.5 Å². The Morgan fingerprint density at radius 3 is 2.54 bits per heavy atom. The number of nitrogens with one attached hydrogen (secondary N) is 1. The summed E-state index contributed by atoms with van der Waals surface area (Å²) in [6.45, 7) is 4.82. The molecule has 1 aromatic heterocycles. The Balaban J connectivity index is 1.59. The van der Waals surface area contributed by atoms with Crippen LogP contribution in [0.15, 0.2) is 52.9 Å². The van der Waals surface area contributed by atoms with Gasteiger partial charge in [0.25, 0.3) is 5.91 Å². The van der Waals surface area contributed by atoms with Crippen LogP contribution in [0.2, 0.25) is 0 Å². The maximum absolute atomic E-state index is 12.5. The normalized spacial score (nSPS) is 10.8. The Hall–Kier alpha value is -2.75. The van der Waals surface area contributed by atoms with Gasteiger partial charge < -0.3 is 14.5 Å². The molecule has 0 aliphatic carbocycles. The molecule has 0 radical (unpaired) electrons. The number of anilines is 1. The van der Waals surface area contributed by atoms with Gasteiger partial charge in [0.15, 0.2) is 5.76 Å². The van der Waals surface area contributed by atoms with Crippen molar-refractivity contribution < 1.29 is 13.9 Å². The molecule has 1 amide bonds. The van der Waals surface area contributed by atoms with E-state index in [2.05, 4.69) is 12.2 Å². The van der Waals surface area contributed by atoms with Gasteiger partial charge in [0, 0.05) is 16.6 Å². The summed E-state index contributed by atoms with van der Waals surface area (Å²) in [4.78, 5) is 12.5. The van der Waals surface area contributed by atoms with Gasteiger partial charge in [0.2, 0.25) is 0 Å². The van der Waals surface area contributed by atoms with Gasteiger partial charge in [-0.1, -0.05) is 44.4 Å². The number of rotatable bonds is 8. The monoisotopic (exact) mass is 351 g/mol. The zero-order chi connectivity index (χ0) is 18.4. The minimum Gasteiger partial charge on any atom is -0.494 e. The van der Waals surface area contributed by atoms with Crippen LogP contribution in [0, 0.1) is 6.92 Å². The Kier molecular flexibility index (Phi) is 5.95. The van der Waals surface area contributed by atoms with Crippen molar-refractivity contribution in [1.82, 2.24) is 0 Å². The number of carbonyl (C=O) groups is 1. The Morgan fingerprint density at radius 1 is 1.04 bits per heavy atom. The fourth-order valence-electron chi connectivity index (χ4n) is 2.93. The molecule has 26 heavy (non-hydrogen) atoms. The smallest absolute Gasteiger partial charge is 0.291 e. The molecule has 3 rings (SSSR count). The number of unbranched alkanes of at least 4 members (excludes halogenated alkanes) is 3. The van der Waals surface area contributed by atoms with Crippen LogP contribution in [-0.4, -0.2) is 12.5 Å². The fourth-order valence-corrected chi connectivity index (χ4v) is 2.93. The van der Waals surface area contributed by atoms with Crippen molar-refractivity contribution in [3.8, 4) is 5.75 Å². The maximum atomic E-state index is 12.5. The quantitative estimate of drug-likeness (QED) is 0.510. The molecule has 0 spiro atoms. The molecule has 136 valence electrons. The average Bonchev–Trinajstić information content (AvgIpc) is 3.00. The molecule has 3 aromatic rings. The number of para-hydroxylation sites is 1. The summed E-state index contributed by atoms with van der Waals surface area (Å²) in [7, 11) is 0. The minimum absolute atomic E-state index is 0.244. The summed E-state index contributed by atoms with van der Waals surface area (Å²) in [5.74, 6) is 0.925. The second kappa shape index (κ2) is 8.56. The number of amides is 1. The summed E-state index contributed by atoms with van der Waals surface area (Å²) >= 11 is 0. The van der Waals surface area contributed by atoms with Gasteiger partial charge in [-0.15, -0.1) is 0 Å². The summed E-state index contributed by atoms with van der Waals surface area (Å²) in [6, 6.07) is 15.1. The summed E-state index contributed by atoms with van der Waals surface area (Å²) in [5.41, 5.74) is 2.29. The van der Waals surface area contributed by atoms with Gasteiger partial charge in [0.05, 0.1) is 6.61 Å². The van der Waals surface area contributed by atoms with E-state index in [0.717, 1.165) is 35.3 Å². The largest absolute Gasteiger partial charge is 0.494 e. The summed E-state index contributed by atoms with van der Waals surface area (Å²) < 4.78 is 11.4. The van der Waals surface area contributed by atoms with E-state index in [1.807, 2.05) is 55.5 Å². The number of fused-ring (bicyclic) bond motifs is 1. The minimum atomic E-state index is -0.244. The average molecular weight is 351 g/mol. The Labute approximate surface area is 154 Å². The van der Waals surface area contributed by atoms with E-state index in [4.69, 9.17) is 9.15 Å². The van der Waals surface area contributed by atoms with Crippen LogP contribution in [0.5, 0.6) is 5.75 Å². The molecule has 0 saturated heterocycles. The van der Waals surface area contributed by atoms with E-state index in [1.54, 1.807) is 0 Å². The Morgan fingerprint density at radius 2 is 1.81 bits per heavy atom. The lowest BCUT2D eigenvalue weighted by molar-refractivity contribution is 0.0998. The van der Waals surface area contributed by atoms with Gasteiger partial charge in [-0.25, -0.2) is 0 Å². The van der Waals surface area contributed by atoms with E-state index in [-0.39, 0.29) is 5.91 Å². The maximum Gasteiger partial charge on any atom is 0.291 e. The standard InChI is InChI=1S/C22H25NO3/c1-3-4-5-8-15-25-18-13-11-17(12-14-18)23-22(24)21-16(2)19-9-6-7-10-20(19)26-21/h6-7,9-14H,3-5,8,15H2,1-2H3,(H,23,24). The molecule has 2 aromatic carbocycles. The van der Waals surface area contributed by atoms with E-state index < -0.39 is 0 Å². The number of carbonyl (C=O) groups excluding carboxylic acids is 1. The topological polar surface area (TPSA) is 51.5 Å². The van der Waals surface area contributed by atoms with Gasteiger partial charge in [0.1, 0.15) is 11.3 Å². The van der Waals surface area contributed by atoms with E-state index in [9.17, 15) is 4.79 Å². The predicted molar refractivity (Wildman–Crippen MR) is 105 cm³/mol. The molecule has 4 heteroatoms. The van der Waals surface area contributed by atoms with Crippen molar-refractivity contribution in [2.24, 2.45) is 0 Å². The second-order valence-electron chi connectivity index (χ2n) is 6.44. The van der Waals surface area contributed by atoms with Gasteiger partial charge in [-0.3, -0.25) is 4.79 Å². The molecule has 0 bridgehead atoms. The number of ether oxygens (including phenoxy) is 1. The fraction of sp³-hybridized carbons (Fsp3) is 0.318. The lowest BCUT2D eigenvalue weighted by Crippen LogP contribution is -2.12. The highest BCUT2D eigenvalue weighted by atomic mass is 16.5. The van der Waals surface area contributed by atoms with Crippen molar-refractivity contribution in [3.05, 3.63) is 59.9 Å². The summed E-state index contributed by atoms with van der Waals surface area (Å²) in [6.07, 6.45) is 4.73. The number of hydrogen-bond acceptors (Lipinski definition) is 3. The molecule has 0 atom stereocenters. The van der Waals surface area contributed by atoms with Crippen LogP contribution in [0.25, 0.3) is 11.0 Å². The molecular formula is C22H25NO3. The van der Waals surface area contributed by atoms with Crippen molar-refractivity contribution in [1.29, 1.82) is 0 Å². The highest BCUT2D eigenvalue weighted by Gasteiger charge is 2.17. The second-order valence-corrected chi connectivity index (χ2v) is 6.44. The van der Waals surface area contributed by atoms with Crippen LogP contribution in [0.3, 0.4) is 0 Å². The first-order chi connectivity index (χ1) is 12.7. The first-order valence-corrected chi connectivity index (χ1v) is 9.21. The first kappa shape index (κ1) is 18.1. The Bertz CT molecular complexity index is 865. The van der Waals surface area contributed by atoms with Crippen molar-refractivity contribution in [2.75, 3.05) is 11.9 Å². The van der Waals surface area contributed by atoms with Crippen LogP contribution in [-0.2, 0) is 0 Å². The van der Waals surface area contributed by atoms with Crippen LogP contribution in [0.1, 0.15) is 48.7 Å². The predicted octanol–water partition coefficient (Wildman–Crippen LogP) is 5.95. The molecule has 0 aliphatic heterocycles. The third-order valence-electron chi connectivity index (χ3n) is 4.43. The highest BCUT2D eigenvalue weighted by Crippen LogP contribution is 2.26. The molecular weight excluding hydrogens is 326 g/mol. The SMILES string of the molecule is CCCCCCOc1ccc(NC(=O)c2oc3ccccc3c2C)cc1. The molecule has 0 saturated carbocycles. The highest BCUT2D eigenvalue weighted by molar-refractivity contribution is 6.06. The van der Waals surface area contributed by atoms with Crippen molar-refractivity contribution in [3.63, 3.8) is 0 Å². The summed E-state index contributed by atoms with van der Waals surface area (Å²) in [5, 5.41) is 3.85. The lowest BCUT2D eigenvalue weighted by Gasteiger charge is -2.08. The van der Waals surface area contributed by atoms with Gasteiger partial charge in [-0.2, -0.15) is 0 Å². The number of aryl methyl sites for hydroxylation is 1. The van der Waals surface area contributed by atoms with Crippen molar-refractivity contribution >= 4 is 22.6 Å². The lowest BCUT2D eigenvalue weighted by atomic mass is 10.1. The van der Waals surface area contributed by atoms with E-state index in [1.165, 1.54) is 19.3 Å². The third kappa shape index (κ3) is 4.26. The zero-order valence-electron chi connectivity index (χ0n) is 15.4. The molecule has 0 fully saturated rings. The van der Waals surface area contributed by atoms with Crippen LogP contribution < -0.4 is 10.1 Å². The number of furan rings is 1. The molecule has 1 heterocycles. The molecule has 0 aliphatic rings. The molecule has 0 unspecified atom stereocenters. The van der Waals surface area contributed by atoms with Gasteiger partial charge >= 0.3 is 0 Å². The molecule has 4 nitrogen and oxygen atoms in total. The first-order valence-electron chi connectivity index (χ1n) is 9.21.